The number of nitrogens with two attached hydrogens (primary N) is 1. The second-order valence-electron chi connectivity index (χ2n) is 4.62. The number of likely N-dealkylation sites (N-methyl/N-ethyl adjacent to an activating group) is 1. The zero-order chi connectivity index (χ0) is 15.0. The van der Waals surface area contributed by atoms with E-state index in [4.69, 9.17) is 5.73 Å². The number of nitrogens with one attached hydrogen (secondary N) is 1. The zero-order valence-electron chi connectivity index (χ0n) is 12.1. The Morgan fingerprint density at radius 3 is 2.75 bits per heavy atom. The van der Waals surface area contributed by atoms with Crippen LogP contribution in [0.5, 0.6) is 0 Å². The van der Waals surface area contributed by atoms with Crippen LogP contribution in [0.15, 0.2) is 18.2 Å². The number of rotatable bonds is 8. The van der Waals surface area contributed by atoms with Crippen molar-refractivity contribution < 1.29 is 4.79 Å². The fourth-order valence-corrected chi connectivity index (χ4v) is 2.02. The first-order valence-corrected chi connectivity index (χ1v) is 6.89. The van der Waals surface area contributed by atoms with Crippen LogP contribution in [0.1, 0.15) is 31.4 Å². The fourth-order valence-electron chi connectivity index (χ4n) is 2.02. The smallest absolute Gasteiger partial charge is 0.236 e. The van der Waals surface area contributed by atoms with Gasteiger partial charge in [0.05, 0.1) is 17.8 Å². The van der Waals surface area contributed by atoms with Gasteiger partial charge in [0.25, 0.3) is 0 Å². The van der Waals surface area contributed by atoms with Crippen LogP contribution in [0.4, 0.5) is 5.69 Å². The normalized spacial score (nSPS) is 10.1. The molecule has 1 rings (SSSR count). The second-order valence-corrected chi connectivity index (χ2v) is 4.62. The third-order valence-electron chi connectivity index (χ3n) is 3.01. The summed E-state index contributed by atoms with van der Waals surface area (Å²) in [5.74, 6) is -0.399. The molecule has 0 aromatic heterocycles. The van der Waals surface area contributed by atoms with Crippen LogP contribution in [-0.4, -0.2) is 25.5 Å². The number of amides is 1. The van der Waals surface area contributed by atoms with Gasteiger partial charge >= 0.3 is 0 Å². The summed E-state index contributed by atoms with van der Waals surface area (Å²) in [6, 6.07) is 7.91. The standard InChI is InChI=1S/C15H22N4O/c1-3-7-18-10-12-5-6-14(13(8-12)9-16)19(4-2)11-15(17)20/h5-6,8,18H,3-4,7,10-11H2,1-2H3,(H2,17,20). The van der Waals surface area contributed by atoms with Crippen LogP contribution in [-0.2, 0) is 11.3 Å². The topological polar surface area (TPSA) is 82.2 Å². The molecule has 0 spiro atoms. The Bertz CT molecular complexity index is 493. The molecule has 5 nitrogen and oxygen atoms in total. The predicted octanol–water partition coefficient (Wildman–Crippen LogP) is 1.37. The van der Waals surface area contributed by atoms with Gasteiger partial charge in [-0.1, -0.05) is 13.0 Å². The first kappa shape index (κ1) is 16.0. The molecule has 1 aromatic carbocycles. The van der Waals surface area contributed by atoms with Gasteiger partial charge in [-0.25, -0.2) is 0 Å². The van der Waals surface area contributed by atoms with Crippen LogP contribution >= 0.6 is 0 Å². The SMILES string of the molecule is CCCNCc1ccc(N(CC)CC(N)=O)c(C#N)c1. The minimum atomic E-state index is -0.399. The van der Waals surface area contributed by atoms with Crippen LogP contribution < -0.4 is 16.0 Å². The van der Waals surface area contributed by atoms with Crippen molar-refractivity contribution in [3.63, 3.8) is 0 Å². The van der Waals surface area contributed by atoms with E-state index in [0.717, 1.165) is 30.8 Å². The lowest BCUT2D eigenvalue weighted by atomic mass is 10.1. The Morgan fingerprint density at radius 2 is 2.20 bits per heavy atom. The second kappa shape index (κ2) is 8.18. The van der Waals surface area contributed by atoms with Crippen molar-refractivity contribution in [2.75, 3.05) is 24.5 Å². The molecule has 20 heavy (non-hydrogen) atoms. The average Bonchev–Trinajstić information content (AvgIpc) is 2.45. The molecule has 0 unspecified atom stereocenters. The van der Waals surface area contributed by atoms with Gasteiger partial charge in [-0.15, -0.1) is 0 Å². The number of nitrogens with zero attached hydrogens (tertiary/aromatic N) is 2. The van der Waals surface area contributed by atoms with E-state index in [1.54, 1.807) is 0 Å². The molecule has 0 aliphatic carbocycles. The first-order valence-electron chi connectivity index (χ1n) is 6.89. The van der Waals surface area contributed by atoms with Gasteiger partial charge in [0.15, 0.2) is 0 Å². The number of primary amides is 1. The molecule has 5 heteroatoms. The molecule has 1 amide bonds. The molecule has 0 radical (unpaired) electrons. The lowest BCUT2D eigenvalue weighted by Crippen LogP contribution is -2.34. The lowest BCUT2D eigenvalue weighted by molar-refractivity contribution is -0.116. The molecule has 1 aromatic rings. The molecule has 0 fully saturated rings. The average molecular weight is 274 g/mol. The first-order chi connectivity index (χ1) is 9.62. The molecule has 0 aliphatic rings. The van der Waals surface area contributed by atoms with Crippen molar-refractivity contribution >= 4 is 11.6 Å². The molecule has 0 atom stereocenters. The molecule has 0 aliphatic heterocycles. The zero-order valence-corrected chi connectivity index (χ0v) is 12.1. The number of nitriles is 1. The van der Waals surface area contributed by atoms with E-state index in [2.05, 4.69) is 18.3 Å². The number of hydrogen-bond acceptors (Lipinski definition) is 4. The van der Waals surface area contributed by atoms with Gasteiger partial charge in [0, 0.05) is 13.1 Å². The van der Waals surface area contributed by atoms with Gasteiger partial charge in [0.1, 0.15) is 6.07 Å². The summed E-state index contributed by atoms with van der Waals surface area (Å²) in [5, 5.41) is 12.6. The highest BCUT2D eigenvalue weighted by Crippen LogP contribution is 2.21. The Kier molecular flexibility index (Phi) is 6.54. The van der Waals surface area contributed by atoms with Crippen molar-refractivity contribution in [2.24, 2.45) is 5.73 Å². The van der Waals surface area contributed by atoms with Gasteiger partial charge in [0.2, 0.25) is 5.91 Å². The van der Waals surface area contributed by atoms with Crippen LogP contribution in [0.25, 0.3) is 0 Å². The predicted molar refractivity (Wildman–Crippen MR) is 80.2 cm³/mol. The molecular formula is C15H22N4O. The van der Waals surface area contributed by atoms with E-state index in [1.807, 2.05) is 30.0 Å². The van der Waals surface area contributed by atoms with Gasteiger partial charge in [-0.2, -0.15) is 5.26 Å². The maximum atomic E-state index is 11.1. The Hall–Kier alpha value is -2.06. The molecule has 0 heterocycles. The third-order valence-corrected chi connectivity index (χ3v) is 3.01. The highest BCUT2D eigenvalue weighted by Gasteiger charge is 2.12. The van der Waals surface area contributed by atoms with E-state index in [9.17, 15) is 10.1 Å². The third kappa shape index (κ3) is 4.56. The van der Waals surface area contributed by atoms with Crippen LogP contribution in [0.2, 0.25) is 0 Å². The van der Waals surface area contributed by atoms with E-state index in [0.29, 0.717) is 12.1 Å². The molecular weight excluding hydrogens is 252 g/mol. The maximum Gasteiger partial charge on any atom is 0.236 e. The molecule has 0 bridgehead atoms. The summed E-state index contributed by atoms with van der Waals surface area (Å²) in [7, 11) is 0. The van der Waals surface area contributed by atoms with Crippen molar-refractivity contribution in [3.8, 4) is 6.07 Å². The quantitative estimate of drug-likeness (QED) is 0.701. The summed E-state index contributed by atoms with van der Waals surface area (Å²) >= 11 is 0. The van der Waals surface area contributed by atoms with Crippen molar-refractivity contribution in [2.45, 2.75) is 26.8 Å². The van der Waals surface area contributed by atoms with Crippen molar-refractivity contribution in [1.29, 1.82) is 5.26 Å². The van der Waals surface area contributed by atoms with Gasteiger partial charge < -0.3 is 16.0 Å². The van der Waals surface area contributed by atoms with E-state index < -0.39 is 5.91 Å². The minimum Gasteiger partial charge on any atom is -0.368 e. The molecule has 0 saturated carbocycles. The van der Waals surface area contributed by atoms with Crippen molar-refractivity contribution in [1.82, 2.24) is 5.32 Å². The Morgan fingerprint density at radius 1 is 1.45 bits per heavy atom. The van der Waals surface area contributed by atoms with E-state index in [1.165, 1.54) is 0 Å². The fraction of sp³-hybridized carbons (Fsp3) is 0.467. The van der Waals surface area contributed by atoms with Gasteiger partial charge in [-0.3, -0.25) is 4.79 Å². The maximum absolute atomic E-state index is 11.1. The molecule has 108 valence electrons. The highest BCUT2D eigenvalue weighted by atomic mass is 16.1. The van der Waals surface area contributed by atoms with Crippen LogP contribution in [0.3, 0.4) is 0 Å². The van der Waals surface area contributed by atoms with Crippen molar-refractivity contribution in [3.05, 3.63) is 29.3 Å². The van der Waals surface area contributed by atoms with Crippen LogP contribution in [0, 0.1) is 11.3 Å². The minimum absolute atomic E-state index is 0.124. The summed E-state index contributed by atoms with van der Waals surface area (Å²) in [4.78, 5) is 12.9. The van der Waals surface area contributed by atoms with E-state index >= 15 is 0 Å². The van der Waals surface area contributed by atoms with Gasteiger partial charge in [-0.05, 0) is 37.6 Å². The number of anilines is 1. The number of carbonyl (C=O) groups excluding carboxylic acids is 1. The summed E-state index contributed by atoms with van der Waals surface area (Å²) in [6.07, 6.45) is 1.07. The lowest BCUT2D eigenvalue weighted by Gasteiger charge is -2.22. The number of benzene rings is 1. The molecule has 0 saturated heterocycles. The Balaban J connectivity index is 2.92. The van der Waals surface area contributed by atoms with E-state index in [-0.39, 0.29) is 6.54 Å². The summed E-state index contributed by atoms with van der Waals surface area (Å²) in [5.41, 5.74) is 7.63. The molecule has 3 N–H and O–H groups in total. The summed E-state index contributed by atoms with van der Waals surface area (Å²) in [6.45, 7) is 6.49. The Labute approximate surface area is 120 Å². The highest BCUT2D eigenvalue weighted by molar-refractivity contribution is 5.80. The summed E-state index contributed by atoms with van der Waals surface area (Å²) < 4.78 is 0. The number of hydrogen-bond donors (Lipinski definition) is 2. The monoisotopic (exact) mass is 274 g/mol. The number of carbonyl (C=O) groups is 1. The largest absolute Gasteiger partial charge is 0.368 e.